The van der Waals surface area contributed by atoms with Gasteiger partial charge in [-0.2, -0.15) is 0 Å². The van der Waals surface area contributed by atoms with Gasteiger partial charge in [-0.15, -0.1) is 0 Å². The topological polar surface area (TPSA) is 51.9 Å². The quantitative estimate of drug-likeness (QED) is 0.707. The van der Waals surface area contributed by atoms with Gasteiger partial charge in [-0.1, -0.05) is 12.1 Å². The second-order valence-corrected chi connectivity index (χ2v) is 5.68. The molecule has 1 amide bonds. The number of hydrogen-bond donors (Lipinski definition) is 0. The average Bonchev–Trinajstić information content (AvgIpc) is 3.08. The van der Waals surface area contributed by atoms with E-state index in [1.165, 1.54) is 5.56 Å². The van der Waals surface area contributed by atoms with Gasteiger partial charge in [-0.05, 0) is 43.2 Å². The SMILES string of the molecule is COCCN(Cc1ccco1)C(=O)CCOc1cccc(C)c1C. The summed E-state index contributed by atoms with van der Waals surface area (Å²) in [5, 5.41) is 0. The van der Waals surface area contributed by atoms with Crippen molar-refractivity contribution in [1.29, 1.82) is 0 Å². The van der Waals surface area contributed by atoms with E-state index >= 15 is 0 Å². The van der Waals surface area contributed by atoms with Crippen molar-refractivity contribution < 1.29 is 18.7 Å². The number of furan rings is 1. The molecule has 5 nitrogen and oxygen atoms in total. The van der Waals surface area contributed by atoms with Gasteiger partial charge in [-0.25, -0.2) is 0 Å². The van der Waals surface area contributed by atoms with Gasteiger partial charge >= 0.3 is 0 Å². The van der Waals surface area contributed by atoms with Crippen LogP contribution < -0.4 is 4.74 Å². The maximum absolute atomic E-state index is 12.5. The van der Waals surface area contributed by atoms with E-state index in [0.29, 0.717) is 32.7 Å². The Kier molecular flexibility index (Phi) is 6.88. The van der Waals surface area contributed by atoms with Crippen molar-refractivity contribution in [2.45, 2.75) is 26.8 Å². The first-order chi connectivity index (χ1) is 11.6. The lowest BCUT2D eigenvalue weighted by atomic mass is 10.1. The number of amides is 1. The number of benzene rings is 1. The molecule has 1 aromatic carbocycles. The number of nitrogens with zero attached hydrogens (tertiary/aromatic N) is 1. The summed E-state index contributed by atoms with van der Waals surface area (Å²) in [6.45, 7) is 5.88. The summed E-state index contributed by atoms with van der Waals surface area (Å²) in [7, 11) is 1.62. The maximum Gasteiger partial charge on any atom is 0.226 e. The number of rotatable bonds is 9. The first-order valence-corrected chi connectivity index (χ1v) is 8.10. The van der Waals surface area contributed by atoms with Crippen LogP contribution in [-0.4, -0.2) is 37.7 Å². The Balaban J connectivity index is 1.88. The summed E-state index contributed by atoms with van der Waals surface area (Å²) in [5.41, 5.74) is 2.29. The third-order valence-electron chi connectivity index (χ3n) is 3.97. The standard InChI is InChI=1S/C19H25NO4/c1-15-6-4-8-18(16(15)2)24-12-9-19(21)20(10-13-22-3)14-17-7-5-11-23-17/h4-8,11H,9-10,12-14H2,1-3H3. The molecule has 0 atom stereocenters. The van der Waals surface area contributed by atoms with Crippen LogP contribution in [0.1, 0.15) is 23.3 Å². The molecule has 0 aliphatic rings. The van der Waals surface area contributed by atoms with Crippen molar-refractivity contribution in [3.63, 3.8) is 0 Å². The van der Waals surface area contributed by atoms with E-state index in [1.807, 2.05) is 44.2 Å². The van der Waals surface area contributed by atoms with Gasteiger partial charge in [0.25, 0.3) is 0 Å². The average molecular weight is 331 g/mol. The Labute approximate surface area is 143 Å². The van der Waals surface area contributed by atoms with E-state index in [4.69, 9.17) is 13.9 Å². The zero-order valence-electron chi connectivity index (χ0n) is 14.6. The zero-order valence-corrected chi connectivity index (χ0v) is 14.6. The second kappa shape index (κ2) is 9.13. The summed E-state index contributed by atoms with van der Waals surface area (Å²) >= 11 is 0. The number of hydrogen-bond acceptors (Lipinski definition) is 4. The van der Waals surface area contributed by atoms with E-state index in [9.17, 15) is 4.79 Å². The zero-order chi connectivity index (χ0) is 17.4. The van der Waals surface area contributed by atoms with Crippen molar-refractivity contribution in [1.82, 2.24) is 4.90 Å². The molecule has 1 heterocycles. The number of carbonyl (C=O) groups is 1. The van der Waals surface area contributed by atoms with Gasteiger partial charge in [-0.3, -0.25) is 4.79 Å². The molecule has 0 saturated carbocycles. The van der Waals surface area contributed by atoms with Gasteiger partial charge < -0.3 is 18.8 Å². The van der Waals surface area contributed by atoms with E-state index in [2.05, 4.69) is 0 Å². The Morgan fingerprint density at radius 3 is 2.71 bits per heavy atom. The van der Waals surface area contributed by atoms with Crippen LogP contribution in [0.5, 0.6) is 5.75 Å². The molecule has 0 saturated heterocycles. The molecule has 2 aromatic rings. The minimum absolute atomic E-state index is 0.0220. The number of methoxy groups -OCH3 is 1. The Hall–Kier alpha value is -2.27. The fourth-order valence-corrected chi connectivity index (χ4v) is 2.37. The van der Waals surface area contributed by atoms with E-state index in [1.54, 1.807) is 18.3 Å². The molecule has 0 spiro atoms. The van der Waals surface area contributed by atoms with Gasteiger partial charge in [0.05, 0.1) is 32.4 Å². The fourth-order valence-electron chi connectivity index (χ4n) is 2.37. The molecule has 0 fully saturated rings. The van der Waals surface area contributed by atoms with E-state index < -0.39 is 0 Å². The molecule has 0 aliphatic heterocycles. The van der Waals surface area contributed by atoms with Crippen LogP contribution in [0.15, 0.2) is 41.0 Å². The predicted molar refractivity (Wildman–Crippen MR) is 92.0 cm³/mol. The molecule has 2 rings (SSSR count). The van der Waals surface area contributed by atoms with Gasteiger partial charge in [0.2, 0.25) is 5.91 Å². The van der Waals surface area contributed by atoms with Crippen LogP contribution in [0.4, 0.5) is 0 Å². The molecule has 130 valence electrons. The second-order valence-electron chi connectivity index (χ2n) is 5.68. The summed E-state index contributed by atoms with van der Waals surface area (Å²) in [5.74, 6) is 1.61. The fraction of sp³-hybridized carbons (Fsp3) is 0.421. The molecule has 0 radical (unpaired) electrons. The summed E-state index contributed by atoms with van der Waals surface area (Å²) < 4.78 is 16.2. The lowest BCUT2D eigenvalue weighted by molar-refractivity contribution is -0.133. The number of carbonyl (C=O) groups excluding carboxylic acids is 1. The minimum atomic E-state index is 0.0220. The molecule has 1 aromatic heterocycles. The first-order valence-electron chi connectivity index (χ1n) is 8.10. The predicted octanol–water partition coefficient (Wildman–Crippen LogP) is 3.34. The van der Waals surface area contributed by atoms with Crippen LogP contribution in [0.2, 0.25) is 0 Å². The summed E-state index contributed by atoms with van der Waals surface area (Å²) in [6, 6.07) is 9.61. The van der Waals surface area contributed by atoms with Crippen molar-refractivity contribution >= 4 is 5.91 Å². The van der Waals surface area contributed by atoms with Crippen molar-refractivity contribution in [2.75, 3.05) is 26.9 Å². The largest absolute Gasteiger partial charge is 0.493 e. The van der Waals surface area contributed by atoms with Crippen molar-refractivity contribution in [3.05, 3.63) is 53.5 Å². The molecule has 0 unspecified atom stereocenters. The van der Waals surface area contributed by atoms with Gasteiger partial charge in [0.15, 0.2) is 0 Å². The minimum Gasteiger partial charge on any atom is -0.493 e. The van der Waals surface area contributed by atoms with Crippen molar-refractivity contribution in [2.24, 2.45) is 0 Å². The van der Waals surface area contributed by atoms with Gasteiger partial charge in [0, 0.05) is 13.7 Å². The highest BCUT2D eigenvalue weighted by molar-refractivity contribution is 5.76. The molecule has 24 heavy (non-hydrogen) atoms. The van der Waals surface area contributed by atoms with E-state index in [0.717, 1.165) is 17.1 Å². The molecule has 0 aliphatic carbocycles. The van der Waals surface area contributed by atoms with Gasteiger partial charge in [0.1, 0.15) is 11.5 Å². The monoisotopic (exact) mass is 331 g/mol. The van der Waals surface area contributed by atoms with Crippen molar-refractivity contribution in [3.8, 4) is 5.75 Å². The van der Waals surface area contributed by atoms with Crippen LogP contribution in [0.3, 0.4) is 0 Å². The van der Waals surface area contributed by atoms with E-state index in [-0.39, 0.29) is 5.91 Å². The normalized spacial score (nSPS) is 10.6. The molecular formula is C19H25NO4. The number of aryl methyl sites for hydroxylation is 1. The van der Waals surface area contributed by atoms with Crippen LogP contribution in [-0.2, 0) is 16.1 Å². The molecule has 5 heteroatoms. The lowest BCUT2D eigenvalue weighted by Crippen LogP contribution is -2.34. The smallest absolute Gasteiger partial charge is 0.226 e. The van der Waals surface area contributed by atoms with Crippen LogP contribution >= 0.6 is 0 Å². The summed E-state index contributed by atoms with van der Waals surface area (Å²) in [4.78, 5) is 14.2. The third-order valence-corrected chi connectivity index (χ3v) is 3.97. The highest BCUT2D eigenvalue weighted by Gasteiger charge is 2.15. The lowest BCUT2D eigenvalue weighted by Gasteiger charge is -2.21. The molecule has 0 N–H and O–H groups in total. The summed E-state index contributed by atoms with van der Waals surface area (Å²) in [6.07, 6.45) is 1.93. The number of ether oxygens (including phenoxy) is 2. The Bertz CT molecular complexity index is 637. The highest BCUT2D eigenvalue weighted by Crippen LogP contribution is 2.20. The molecular weight excluding hydrogens is 306 g/mol. The molecule has 0 bridgehead atoms. The first kappa shape index (κ1) is 18.1. The Morgan fingerprint density at radius 1 is 1.17 bits per heavy atom. The highest BCUT2D eigenvalue weighted by atomic mass is 16.5. The Morgan fingerprint density at radius 2 is 2.00 bits per heavy atom. The van der Waals surface area contributed by atoms with Crippen LogP contribution in [0.25, 0.3) is 0 Å². The maximum atomic E-state index is 12.5. The van der Waals surface area contributed by atoms with Crippen LogP contribution in [0, 0.1) is 13.8 Å². The third kappa shape index (κ3) is 5.13.